The van der Waals surface area contributed by atoms with Crippen molar-refractivity contribution in [3.63, 3.8) is 0 Å². The molecule has 2 unspecified atom stereocenters. The first-order valence-corrected chi connectivity index (χ1v) is 8.98. The summed E-state index contributed by atoms with van der Waals surface area (Å²) in [6.45, 7) is 4.39. The van der Waals surface area contributed by atoms with Crippen LogP contribution in [0.5, 0.6) is 0 Å². The van der Waals surface area contributed by atoms with Crippen LogP contribution in [0, 0.1) is 6.92 Å². The molecule has 0 bridgehead atoms. The standard InChI is InChI=1S/C16H21ClN2S/c1-3-20-15-6-4-5-13(15)19-14-9-11(2)7-8-12(14)18-16(19)10-17/h7-9,13,15H,3-6,10H2,1-2H3. The minimum Gasteiger partial charge on any atom is -0.323 e. The lowest BCUT2D eigenvalue weighted by Crippen LogP contribution is -2.18. The second kappa shape index (κ2) is 5.98. The van der Waals surface area contributed by atoms with Gasteiger partial charge < -0.3 is 4.57 Å². The fraction of sp³-hybridized carbons (Fsp3) is 0.562. The van der Waals surface area contributed by atoms with E-state index in [9.17, 15) is 0 Å². The number of imidazole rings is 1. The monoisotopic (exact) mass is 308 g/mol. The van der Waals surface area contributed by atoms with Gasteiger partial charge in [-0.05, 0) is 43.2 Å². The van der Waals surface area contributed by atoms with Gasteiger partial charge in [-0.25, -0.2) is 4.98 Å². The Kier molecular flexibility index (Phi) is 4.27. The van der Waals surface area contributed by atoms with Crippen LogP contribution >= 0.6 is 23.4 Å². The molecule has 0 aliphatic heterocycles. The van der Waals surface area contributed by atoms with Crippen LogP contribution < -0.4 is 0 Å². The van der Waals surface area contributed by atoms with Gasteiger partial charge >= 0.3 is 0 Å². The molecule has 108 valence electrons. The smallest absolute Gasteiger partial charge is 0.125 e. The molecule has 1 aliphatic rings. The zero-order valence-electron chi connectivity index (χ0n) is 12.1. The van der Waals surface area contributed by atoms with Gasteiger partial charge in [0.05, 0.1) is 16.9 Å². The second-order valence-corrected chi connectivity index (χ2v) is 7.30. The Morgan fingerprint density at radius 3 is 3.00 bits per heavy atom. The van der Waals surface area contributed by atoms with Gasteiger partial charge in [-0.2, -0.15) is 11.8 Å². The molecule has 2 aromatic rings. The van der Waals surface area contributed by atoms with E-state index in [1.165, 1.54) is 36.1 Å². The first-order chi connectivity index (χ1) is 9.74. The van der Waals surface area contributed by atoms with Gasteiger partial charge in [-0.15, -0.1) is 11.6 Å². The van der Waals surface area contributed by atoms with Crippen LogP contribution in [0.25, 0.3) is 11.0 Å². The van der Waals surface area contributed by atoms with Gasteiger partial charge in [-0.3, -0.25) is 0 Å². The van der Waals surface area contributed by atoms with Crippen LogP contribution in [-0.2, 0) is 5.88 Å². The highest BCUT2D eigenvalue weighted by Crippen LogP contribution is 2.41. The van der Waals surface area contributed by atoms with Gasteiger partial charge in [-0.1, -0.05) is 19.4 Å². The van der Waals surface area contributed by atoms with E-state index in [0.717, 1.165) is 11.3 Å². The van der Waals surface area contributed by atoms with E-state index in [1.807, 2.05) is 0 Å². The second-order valence-electron chi connectivity index (χ2n) is 5.52. The third kappa shape index (κ3) is 2.46. The van der Waals surface area contributed by atoms with Crippen molar-refractivity contribution in [3.8, 4) is 0 Å². The number of hydrogen-bond acceptors (Lipinski definition) is 2. The van der Waals surface area contributed by atoms with E-state index < -0.39 is 0 Å². The average molecular weight is 309 g/mol. The largest absolute Gasteiger partial charge is 0.323 e. The molecule has 2 nitrogen and oxygen atoms in total. The summed E-state index contributed by atoms with van der Waals surface area (Å²) in [6, 6.07) is 7.06. The molecule has 1 saturated carbocycles. The minimum atomic E-state index is 0.494. The molecule has 4 heteroatoms. The van der Waals surface area contributed by atoms with Crippen LogP contribution in [0.2, 0.25) is 0 Å². The van der Waals surface area contributed by atoms with Crippen molar-refractivity contribution < 1.29 is 0 Å². The molecular weight excluding hydrogens is 288 g/mol. The van der Waals surface area contributed by atoms with Crippen LogP contribution in [0.15, 0.2) is 18.2 Å². The van der Waals surface area contributed by atoms with Crippen molar-refractivity contribution in [2.45, 2.75) is 50.3 Å². The Balaban J connectivity index is 2.10. The summed E-state index contributed by atoms with van der Waals surface area (Å²) in [5, 5.41) is 0.708. The van der Waals surface area contributed by atoms with E-state index >= 15 is 0 Å². The van der Waals surface area contributed by atoms with Gasteiger partial charge in [0.2, 0.25) is 0 Å². The normalized spacial score (nSPS) is 22.8. The number of benzene rings is 1. The van der Waals surface area contributed by atoms with Gasteiger partial charge in [0.1, 0.15) is 5.82 Å². The number of aromatic nitrogens is 2. The Morgan fingerprint density at radius 2 is 2.25 bits per heavy atom. The number of nitrogens with zero attached hydrogens (tertiary/aromatic N) is 2. The fourth-order valence-electron chi connectivity index (χ4n) is 3.33. The molecule has 1 heterocycles. The number of hydrogen-bond donors (Lipinski definition) is 0. The van der Waals surface area contributed by atoms with E-state index in [4.69, 9.17) is 16.6 Å². The Morgan fingerprint density at radius 1 is 1.40 bits per heavy atom. The fourth-order valence-corrected chi connectivity index (χ4v) is 4.76. The number of halogens is 1. The molecule has 1 aromatic heterocycles. The Labute approximate surface area is 129 Å². The molecule has 0 amide bonds. The van der Waals surface area contributed by atoms with Gasteiger partial charge in [0, 0.05) is 11.3 Å². The van der Waals surface area contributed by atoms with Crippen molar-refractivity contribution in [1.29, 1.82) is 0 Å². The lowest BCUT2D eigenvalue weighted by Gasteiger charge is -2.23. The van der Waals surface area contributed by atoms with Crippen LogP contribution in [0.1, 0.15) is 43.6 Å². The van der Waals surface area contributed by atoms with Crippen LogP contribution in [0.3, 0.4) is 0 Å². The molecular formula is C16H21ClN2S. The van der Waals surface area contributed by atoms with Crippen molar-refractivity contribution in [1.82, 2.24) is 9.55 Å². The van der Waals surface area contributed by atoms with Crippen molar-refractivity contribution in [3.05, 3.63) is 29.6 Å². The summed E-state index contributed by atoms with van der Waals surface area (Å²) in [6.07, 6.45) is 3.88. The highest BCUT2D eigenvalue weighted by Gasteiger charge is 2.31. The molecule has 20 heavy (non-hydrogen) atoms. The van der Waals surface area contributed by atoms with Crippen molar-refractivity contribution in [2.75, 3.05) is 5.75 Å². The van der Waals surface area contributed by atoms with Crippen LogP contribution in [0.4, 0.5) is 0 Å². The topological polar surface area (TPSA) is 17.8 Å². The van der Waals surface area contributed by atoms with E-state index in [0.29, 0.717) is 17.2 Å². The van der Waals surface area contributed by atoms with E-state index in [-0.39, 0.29) is 0 Å². The Hall–Kier alpha value is -0.670. The molecule has 1 aromatic carbocycles. The number of alkyl halides is 1. The third-order valence-corrected chi connectivity index (χ3v) is 5.72. The Bertz CT molecular complexity index is 608. The maximum Gasteiger partial charge on any atom is 0.125 e. The SMILES string of the molecule is CCSC1CCCC1n1c(CCl)nc2ccc(C)cc21. The minimum absolute atomic E-state index is 0.494. The summed E-state index contributed by atoms with van der Waals surface area (Å²) >= 11 is 8.24. The molecule has 0 radical (unpaired) electrons. The first-order valence-electron chi connectivity index (χ1n) is 7.39. The van der Waals surface area contributed by atoms with Gasteiger partial charge in [0.15, 0.2) is 0 Å². The summed E-state index contributed by atoms with van der Waals surface area (Å²) in [4.78, 5) is 4.73. The zero-order valence-corrected chi connectivity index (χ0v) is 13.7. The molecule has 0 spiro atoms. The molecule has 0 saturated heterocycles. The third-order valence-electron chi connectivity index (χ3n) is 4.17. The number of thioether (sulfide) groups is 1. The summed E-state index contributed by atoms with van der Waals surface area (Å²) in [7, 11) is 0. The predicted octanol–water partition coefficient (Wildman–Crippen LogP) is 4.93. The molecule has 3 rings (SSSR count). The van der Waals surface area contributed by atoms with E-state index in [2.05, 4.69) is 48.4 Å². The molecule has 2 atom stereocenters. The highest BCUT2D eigenvalue weighted by atomic mass is 35.5. The number of aryl methyl sites for hydroxylation is 1. The first kappa shape index (κ1) is 14.3. The molecule has 0 N–H and O–H groups in total. The number of fused-ring (bicyclic) bond motifs is 1. The summed E-state index contributed by atoms with van der Waals surface area (Å²) in [5.74, 6) is 2.71. The van der Waals surface area contributed by atoms with Crippen molar-refractivity contribution in [2.24, 2.45) is 0 Å². The number of rotatable bonds is 4. The summed E-state index contributed by atoms with van der Waals surface area (Å²) < 4.78 is 2.43. The average Bonchev–Trinajstić information content (AvgIpc) is 3.02. The highest BCUT2D eigenvalue weighted by molar-refractivity contribution is 7.99. The van der Waals surface area contributed by atoms with Crippen molar-refractivity contribution >= 4 is 34.4 Å². The van der Waals surface area contributed by atoms with Gasteiger partial charge in [0.25, 0.3) is 0 Å². The quantitative estimate of drug-likeness (QED) is 0.745. The predicted molar refractivity (Wildman–Crippen MR) is 88.8 cm³/mol. The lowest BCUT2D eigenvalue weighted by molar-refractivity contribution is 0.527. The zero-order chi connectivity index (χ0) is 14.1. The van der Waals surface area contributed by atoms with E-state index in [1.54, 1.807) is 0 Å². The lowest BCUT2D eigenvalue weighted by atomic mass is 10.2. The maximum absolute atomic E-state index is 6.16. The molecule has 1 fully saturated rings. The summed E-state index contributed by atoms with van der Waals surface area (Å²) in [5.41, 5.74) is 3.63. The van der Waals surface area contributed by atoms with Crippen LogP contribution in [-0.4, -0.2) is 20.6 Å². The molecule has 1 aliphatic carbocycles. The maximum atomic E-state index is 6.16.